The number of allylic oxidation sites excluding steroid dienone is 1. The molecule has 0 spiro atoms. The number of hydrogen-bond acceptors (Lipinski definition) is 5. The lowest BCUT2D eigenvalue weighted by Crippen LogP contribution is -2.04. The average Bonchev–Trinajstić information content (AvgIpc) is 2.93. The molecular weight excluding hydrogens is 308 g/mol. The van der Waals surface area contributed by atoms with Gasteiger partial charge in [-0.25, -0.2) is 4.98 Å². The maximum atomic E-state index is 11.0. The van der Waals surface area contributed by atoms with E-state index in [1.807, 2.05) is 6.07 Å². The van der Waals surface area contributed by atoms with E-state index in [1.165, 1.54) is 35.0 Å². The Bertz CT molecular complexity index is 805. The number of nitrogens with zero attached hydrogens (tertiary/aromatic N) is 4. The van der Waals surface area contributed by atoms with Crippen molar-refractivity contribution in [3.63, 3.8) is 0 Å². The van der Waals surface area contributed by atoms with Crippen LogP contribution >= 0.6 is 11.6 Å². The van der Waals surface area contributed by atoms with Crippen LogP contribution in [-0.4, -0.2) is 20.8 Å². The highest BCUT2D eigenvalue weighted by molar-refractivity contribution is 6.30. The number of hydrogen-bond donors (Lipinski definition) is 0. The molecular formula is C14H9ClN4O3. The third-order valence-electron chi connectivity index (χ3n) is 2.85. The van der Waals surface area contributed by atoms with E-state index in [-0.39, 0.29) is 29.2 Å². The smallest absolute Gasteiger partial charge is 0.276 e. The van der Waals surface area contributed by atoms with Crippen LogP contribution in [0, 0.1) is 21.4 Å². The maximum Gasteiger partial charge on any atom is 0.276 e. The summed E-state index contributed by atoms with van der Waals surface area (Å²) in [5, 5.41) is 20.5. The standard InChI is InChI=1S/C14H9ClN4O3/c15-12-1-2-13(19(21)22)11(6-12)5-10(7-16)8-18-4-3-17-14(18)9-20/h1-6,9H,8H2/b10-5+. The minimum Gasteiger partial charge on any atom is -0.324 e. The fraction of sp³-hybridized carbons (Fsp3) is 0.0714. The van der Waals surface area contributed by atoms with Gasteiger partial charge < -0.3 is 4.57 Å². The zero-order chi connectivity index (χ0) is 16.1. The van der Waals surface area contributed by atoms with Crippen molar-refractivity contribution in [2.24, 2.45) is 0 Å². The lowest BCUT2D eigenvalue weighted by atomic mass is 10.1. The number of nitro benzene ring substituents is 1. The Morgan fingerprint density at radius 3 is 2.95 bits per heavy atom. The van der Waals surface area contributed by atoms with Crippen molar-refractivity contribution >= 4 is 29.7 Å². The third kappa shape index (κ3) is 3.37. The van der Waals surface area contributed by atoms with Crippen LogP contribution in [0.15, 0.2) is 36.2 Å². The van der Waals surface area contributed by atoms with E-state index in [1.54, 1.807) is 6.20 Å². The molecule has 0 N–H and O–H groups in total. The van der Waals surface area contributed by atoms with E-state index >= 15 is 0 Å². The van der Waals surface area contributed by atoms with Gasteiger partial charge in [0.05, 0.1) is 28.7 Å². The summed E-state index contributed by atoms with van der Waals surface area (Å²) < 4.78 is 1.47. The summed E-state index contributed by atoms with van der Waals surface area (Å²) >= 11 is 5.84. The van der Waals surface area contributed by atoms with Crippen LogP contribution in [0.5, 0.6) is 0 Å². The summed E-state index contributed by atoms with van der Waals surface area (Å²) in [6.07, 6.45) is 4.91. The van der Waals surface area contributed by atoms with Crippen LogP contribution in [-0.2, 0) is 6.54 Å². The Morgan fingerprint density at radius 2 is 2.32 bits per heavy atom. The maximum absolute atomic E-state index is 11.0. The van der Waals surface area contributed by atoms with Crippen molar-refractivity contribution in [2.75, 3.05) is 0 Å². The fourth-order valence-corrected chi connectivity index (χ4v) is 2.04. The first-order valence-electron chi connectivity index (χ1n) is 6.06. The molecule has 1 heterocycles. The van der Waals surface area contributed by atoms with Gasteiger partial charge in [-0.2, -0.15) is 5.26 Å². The van der Waals surface area contributed by atoms with Crippen molar-refractivity contribution < 1.29 is 9.72 Å². The number of carbonyl (C=O) groups is 1. The van der Waals surface area contributed by atoms with Crippen molar-refractivity contribution in [3.8, 4) is 6.07 Å². The van der Waals surface area contributed by atoms with E-state index in [4.69, 9.17) is 11.6 Å². The second kappa shape index (κ2) is 6.65. The number of benzene rings is 1. The number of nitro groups is 1. The fourth-order valence-electron chi connectivity index (χ4n) is 1.86. The second-order valence-corrected chi connectivity index (χ2v) is 4.71. The first-order chi connectivity index (χ1) is 10.5. The van der Waals surface area contributed by atoms with Gasteiger partial charge in [0, 0.05) is 23.5 Å². The van der Waals surface area contributed by atoms with Gasteiger partial charge in [-0.05, 0) is 18.2 Å². The number of nitriles is 1. The second-order valence-electron chi connectivity index (χ2n) is 4.27. The molecule has 0 saturated carbocycles. The lowest BCUT2D eigenvalue weighted by Gasteiger charge is -2.04. The Morgan fingerprint density at radius 1 is 1.55 bits per heavy atom. The highest BCUT2D eigenvalue weighted by Gasteiger charge is 2.13. The molecule has 22 heavy (non-hydrogen) atoms. The summed E-state index contributed by atoms with van der Waals surface area (Å²) in [6, 6.07) is 6.05. The van der Waals surface area contributed by atoms with E-state index < -0.39 is 4.92 Å². The number of halogens is 1. The predicted octanol–water partition coefficient (Wildman–Crippen LogP) is 2.86. The first kappa shape index (κ1) is 15.4. The minimum absolute atomic E-state index is 0.0776. The van der Waals surface area contributed by atoms with Crippen LogP contribution in [0.1, 0.15) is 16.2 Å². The molecule has 2 aromatic rings. The van der Waals surface area contributed by atoms with Gasteiger partial charge in [0.15, 0.2) is 12.1 Å². The summed E-state index contributed by atoms with van der Waals surface area (Å²) in [5.74, 6) is 0.168. The topological polar surface area (TPSA) is 102 Å². The van der Waals surface area contributed by atoms with Crippen LogP contribution in [0.25, 0.3) is 6.08 Å². The Kier molecular flexibility index (Phi) is 4.66. The number of imidazole rings is 1. The predicted molar refractivity (Wildman–Crippen MR) is 79.3 cm³/mol. The van der Waals surface area contributed by atoms with Gasteiger partial charge in [-0.3, -0.25) is 14.9 Å². The molecule has 0 amide bonds. The quantitative estimate of drug-likeness (QED) is 0.365. The molecule has 0 unspecified atom stereocenters. The molecule has 1 aromatic heterocycles. The normalized spacial score (nSPS) is 11.0. The Balaban J connectivity index is 2.41. The van der Waals surface area contributed by atoms with Crippen LogP contribution in [0.3, 0.4) is 0 Å². The molecule has 110 valence electrons. The average molecular weight is 317 g/mol. The van der Waals surface area contributed by atoms with Gasteiger partial charge in [0.1, 0.15) is 0 Å². The summed E-state index contributed by atoms with van der Waals surface area (Å²) in [6.45, 7) is 0.0776. The molecule has 0 fully saturated rings. The molecule has 1 aromatic carbocycles. The highest BCUT2D eigenvalue weighted by Crippen LogP contribution is 2.25. The zero-order valence-corrected chi connectivity index (χ0v) is 11.9. The summed E-state index contributed by atoms with van der Waals surface area (Å²) in [5.41, 5.74) is 0.298. The van der Waals surface area contributed by atoms with Crippen LogP contribution < -0.4 is 0 Å². The minimum atomic E-state index is -0.550. The van der Waals surface area contributed by atoms with Crippen LogP contribution in [0.4, 0.5) is 5.69 Å². The Hall–Kier alpha value is -2.98. The molecule has 0 aliphatic carbocycles. The number of aromatic nitrogens is 2. The largest absolute Gasteiger partial charge is 0.324 e. The van der Waals surface area contributed by atoms with E-state index in [0.29, 0.717) is 11.3 Å². The van der Waals surface area contributed by atoms with Gasteiger partial charge in [0.25, 0.3) is 5.69 Å². The van der Waals surface area contributed by atoms with Crippen LogP contribution in [0.2, 0.25) is 5.02 Å². The van der Waals surface area contributed by atoms with E-state index in [0.717, 1.165) is 0 Å². The lowest BCUT2D eigenvalue weighted by molar-refractivity contribution is -0.385. The summed E-state index contributed by atoms with van der Waals surface area (Å²) in [4.78, 5) is 25.1. The number of aldehydes is 1. The molecule has 0 radical (unpaired) electrons. The molecule has 0 atom stereocenters. The Labute approximate surface area is 130 Å². The van der Waals surface area contributed by atoms with Crippen molar-refractivity contribution in [1.82, 2.24) is 9.55 Å². The first-order valence-corrected chi connectivity index (χ1v) is 6.44. The van der Waals surface area contributed by atoms with Gasteiger partial charge in [-0.15, -0.1) is 0 Å². The number of carbonyl (C=O) groups excluding carboxylic acids is 1. The van der Waals surface area contributed by atoms with E-state index in [2.05, 4.69) is 4.98 Å². The molecule has 8 heteroatoms. The number of rotatable bonds is 5. The van der Waals surface area contributed by atoms with Gasteiger partial charge in [0.2, 0.25) is 0 Å². The van der Waals surface area contributed by atoms with Crippen molar-refractivity contribution in [1.29, 1.82) is 5.26 Å². The third-order valence-corrected chi connectivity index (χ3v) is 3.09. The molecule has 0 aliphatic heterocycles. The van der Waals surface area contributed by atoms with Crippen molar-refractivity contribution in [3.05, 3.63) is 62.7 Å². The molecule has 0 saturated heterocycles. The highest BCUT2D eigenvalue weighted by atomic mass is 35.5. The van der Waals surface area contributed by atoms with Crippen molar-refractivity contribution in [2.45, 2.75) is 6.54 Å². The molecule has 0 bridgehead atoms. The van der Waals surface area contributed by atoms with Gasteiger partial charge >= 0.3 is 0 Å². The SMILES string of the molecule is N#C/C(=C\c1cc(Cl)ccc1[N+](=O)[O-])Cn1ccnc1C=O. The zero-order valence-electron chi connectivity index (χ0n) is 11.1. The monoisotopic (exact) mass is 316 g/mol. The molecule has 2 rings (SSSR count). The molecule has 7 nitrogen and oxygen atoms in total. The summed E-state index contributed by atoms with van der Waals surface area (Å²) in [7, 11) is 0. The van der Waals surface area contributed by atoms with E-state index in [9.17, 15) is 20.2 Å². The van der Waals surface area contributed by atoms with Gasteiger partial charge in [-0.1, -0.05) is 11.6 Å². The molecule has 0 aliphatic rings.